The van der Waals surface area contributed by atoms with E-state index < -0.39 is 0 Å². The van der Waals surface area contributed by atoms with Gasteiger partial charge in [-0.05, 0) is 19.8 Å². The van der Waals surface area contributed by atoms with E-state index in [4.69, 9.17) is 4.74 Å². The highest BCUT2D eigenvalue weighted by Crippen LogP contribution is 1.99. The molecule has 0 N–H and O–H groups in total. The highest BCUT2D eigenvalue weighted by molar-refractivity contribution is 5.67. The van der Waals surface area contributed by atoms with E-state index in [9.17, 15) is 4.79 Å². The molecule has 84 valence electrons. The first kappa shape index (κ1) is 13.3. The molecular formula is C11H23NO2. The second-order valence-corrected chi connectivity index (χ2v) is 3.40. The molecule has 14 heavy (non-hydrogen) atoms. The Morgan fingerprint density at radius 2 is 1.79 bits per heavy atom. The number of ether oxygens (including phenoxy) is 1. The van der Waals surface area contributed by atoms with Crippen LogP contribution in [0.2, 0.25) is 0 Å². The summed E-state index contributed by atoms with van der Waals surface area (Å²) in [5.74, 6) is 0. The summed E-state index contributed by atoms with van der Waals surface area (Å²) < 4.78 is 5.12. The molecule has 0 aliphatic heterocycles. The van der Waals surface area contributed by atoms with E-state index in [1.807, 2.05) is 6.92 Å². The zero-order valence-electron chi connectivity index (χ0n) is 9.71. The largest absolute Gasteiger partial charge is 0.449 e. The fraction of sp³-hybridized carbons (Fsp3) is 0.909. The van der Waals surface area contributed by atoms with E-state index in [2.05, 4.69) is 13.8 Å². The third kappa shape index (κ3) is 5.84. The zero-order chi connectivity index (χ0) is 10.8. The Balaban J connectivity index is 3.67. The molecule has 0 heterocycles. The number of rotatable bonds is 7. The first-order valence-electron chi connectivity index (χ1n) is 5.67. The molecule has 0 aromatic carbocycles. The topological polar surface area (TPSA) is 29.5 Å². The van der Waals surface area contributed by atoms with Crippen molar-refractivity contribution in [1.29, 1.82) is 0 Å². The average molecular weight is 201 g/mol. The summed E-state index contributed by atoms with van der Waals surface area (Å²) in [5, 5.41) is 0. The summed E-state index contributed by atoms with van der Waals surface area (Å²) in [6.07, 6.45) is 4.02. The van der Waals surface area contributed by atoms with Gasteiger partial charge in [0.1, 0.15) is 0 Å². The van der Waals surface area contributed by atoms with Crippen LogP contribution in [0.4, 0.5) is 4.79 Å². The molecule has 0 fully saturated rings. The summed E-state index contributed by atoms with van der Waals surface area (Å²) in [5.41, 5.74) is 0. The second kappa shape index (κ2) is 8.85. The minimum absolute atomic E-state index is 0.158. The Bertz CT molecular complexity index is 148. The summed E-state index contributed by atoms with van der Waals surface area (Å²) in [4.78, 5) is 13.2. The molecule has 0 saturated heterocycles. The summed E-state index contributed by atoms with van der Waals surface area (Å²) in [6, 6.07) is 0. The molecule has 0 radical (unpaired) electrons. The number of nitrogens with zero attached hydrogens (tertiary/aromatic N) is 1. The molecule has 0 spiro atoms. The van der Waals surface area contributed by atoms with Gasteiger partial charge in [0.05, 0.1) is 6.61 Å². The van der Waals surface area contributed by atoms with Crippen molar-refractivity contribution in [2.24, 2.45) is 0 Å². The molecule has 0 aromatic rings. The van der Waals surface area contributed by atoms with Crippen LogP contribution in [0.1, 0.15) is 46.5 Å². The van der Waals surface area contributed by atoms with Gasteiger partial charge in [-0.2, -0.15) is 0 Å². The van der Waals surface area contributed by atoms with Gasteiger partial charge in [-0.25, -0.2) is 4.79 Å². The van der Waals surface area contributed by atoms with Crippen LogP contribution in [0.3, 0.4) is 0 Å². The maximum absolute atomic E-state index is 11.5. The summed E-state index contributed by atoms with van der Waals surface area (Å²) in [7, 11) is 0. The van der Waals surface area contributed by atoms with Crippen LogP contribution in [0, 0.1) is 0 Å². The van der Waals surface area contributed by atoms with Gasteiger partial charge in [-0.15, -0.1) is 0 Å². The van der Waals surface area contributed by atoms with Gasteiger partial charge < -0.3 is 9.64 Å². The average Bonchev–Trinajstić information content (AvgIpc) is 2.19. The third-order valence-corrected chi connectivity index (χ3v) is 2.14. The molecule has 0 aliphatic carbocycles. The van der Waals surface area contributed by atoms with Gasteiger partial charge in [0.25, 0.3) is 0 Å². The maximum Gasteiger partial charge on any atom is 0.409 e. The number of hydrogen-bond donors (Lipinski definition) is 0. The number of hydrogen-bond acceptors (Lipinski definition) is 2. The number of carbonyl (C=O) groups excluding carboxylic acids is 1. The Hall–Kier alpha value is -0.730. The van der Waals surface area contributed by atoms with Crippen molar-refractivity contribution >= 4 is 6.09 Å². The minimum atomic E-state index is -0.158. The lowest BCUT2D eigenvalue weighted by Gasteiger charge is -2.19. The molecule has 0 rings (SSSR count). The lowest BCUT2D eigenvalue weighted by atomic mass is 10.3. The van der Waals surface area contributed by atoms with Crippen LogP contribution >= 0.6 is 0 Å². The lowest BCUT2D eigenvalue weighted by Crippen LogP contribution is -2.32. The SMILES string of the molecule is CCCCOC(=O)N(CC)CCCC. The fourth-order valence-electron chi connectivity index (χ4n) is 1.12. The minimum Gasteiger partial charge on any atom is -0.449 e. The van der Waals surface area contributed by atoms with Crippen LogP contribution < -0.4 is 0 Å². The van der Waals surface area contributed by atoms with Crippen LogP contribution in [0.5, 0.6) is 0 Å². The number of carbonyl (C=O) groups is 1. The Kier molecular flexibility index (Phi) is 8.39. The fourth-order valence-corrected chi connectivity index (χ4v) is 1.12. The van der Waals surface area contributed by atoms with E-state index in [-0.39, 0.29) is 6.09 Å². The normalized spacial score (nSPS) is 9.93. The van der Waals surface area contributed by atoms with E-state index in [1.165, 1.54) is 0 Å². The Morgan fingerprint density at radius 3 is 2.29 bits per heavy atom. The van der Waals surface area contributed by atoms with Crippen molar-refractivity contribution in [3.63, 3.8) is 0 Å². The van der Waals surface area contributed by atoms with Crippen LogP contribution in [0.25, 0.3) is 0 Å². The van der Waals surface area contributed by atoms with Crippen molar-refractivity contribution in [3.8, 4) is 0 Å². The van der Waals surface area contributed by atoms with E-state index in [1.54, 1.807) is 4.90 Å². The van der Waals surface area contributed by atoms with E-state index in [0.29, 0.717) is 6.61 Å². The number of amides is 1. The predicted molar refractivity (Wildman–Crippen MR) is 58.4 cm³/mol. The molecular weight excluding hydrogens is 178 g/mol. The van der Waals surface area contributed by atoms with Gasteiger partial charge in [-0.3, -0.25) is 0 Å². The van der Waals surface area contributed by atoms with Crippen molar-refractivity contribution < 1.29 is 9.53 Å². The quantitative estimate of drug-likeness (QED) is 0.592. The molecule has 0 aliphatic rings. The zero-order valence-corrected chi connectivity index (χ0v) is 9.71. The molecule has 0 aromatic heterocycles. The molecule has 3 nitrogen and oxygen atoms in total. The third-order valence-electron chi connectivity index (χ3n) is 2.14. The molecule has 0 saturated carbocycles. The maximum atomic E-state index is 11.5. The predicted octanol–water partition coefficient (Wildman–Crippen LogP) is 3.05. The van der Waals surface area contributed by atoms with Crippen molar-refractivity contribution in [3.05, 3.63) is 0 Å². The van der Waals surface area contributed by atoms with Gasteiger partial charge in [0.15, 0.2) is 0 Å². The molecule has 0 bridgehead atoms. The van der Waals surface area contributed by atoms with Gasteiger partial charge >= 0.3 is 6.09 Å². The standard InChI is InChI=1S/C11H23NO2/c1-4-7-9-12(6-3)11(13)14-10-8-5-2/h4-10H2,1-3H3. The second-order valence-electron chi connectivity index (χ2n) is 3.40. The first-order valence-corrected chi connectivity index (χ1v) is 5.67. The molecule has 1 amide bonds. The van der Waals surface area contributed by atoms with Crippen LogP contribution in [-0.4, -0.2) is 30.7 Å². The monoisotopic (exact) mass is 201 g/mol. The highest BCUT2D eigenvalue weighted by atomic mass is 16.6. The van der Waals surface area contributed by atoms with Crippen molar-refractivity contribution in [2.45, 2.75) is 46.5 Å². The van der Waals surface area contributed by atoms with Gasteiger partial charge in [0, 0.05) is 13.1 Å². The number of unbranched alkanes of at least 4 members (excludes halogenated alkanes) is 2. The first-order chi connectivity index (χ1) is 6.76. The lowest BCUT2D eigenvalue weighted by molar-refractivity contribution is 0.102. The summed E-state index contributed by atoms with van der Waals surface area (Å²) in [6.45, 7) is 8.30. The van der Waals surface area contributed by atoms with E-state index >= 15 is 0 Å². The molecule has 0 atom stereocenters. The molecule has 3 heteroatoms. The van der Waals surface area contributed by atoms with Gasteiger partial charge in [0.2, 0.25) is 0 Å². The summed E-state index contributed by atoms with van der Waals surface area (Å²) >= 11 is 0. The Morgan fingerprint density at radius 1 is 1.14 bits per heavy atom. The molecule has 0 unspecified atom stereocenters. The van der Waals surface area contributed by atoms with E-state index in [0.717, 1.165) is 38.8 Å². The van der Waals surface area contributed by atoms with Crippen molar-refractivity contribution in [2.75, 3.05) is 19.7 Å². The van der Waals surface area contributed by atoms with Crippen LogP contribution in [0.15, 0.2) is 0 Å². The van der Waals surface area contributed by atoms with Crippen LogP contribution in [-0.2, 0) is 4.74 Å². The van der Waals surface area contributed by atoms with Crippen molar-refractivity contribution in [1.82, 2.24) is 4.90 Å². The Labute approximate surface area is 87.4 Å². The smallest absolute Gasteiger partial charge is 0.409 e. The van der Waals surface area contributed by atoms with Gasteiger partial charge in [-0.1, -0.05) is 26.7 Å². The highest BCUT2D eigenvalue weighted by Gasteiger charge is 2.11.